The number of anilines is 1. The lowest BCUT2D eigenvalue weighted by molar-refractivity contribution is -0.384. The molecule has 1 fully saturated rings. The maximum atomic E-state index is 12.5. The summed E-state index contributed by atoms with van der Waals surface area (Å²) in [6.07, 6.45) is 4.31. The summed E-state index contributed by atoms with van der Waals surface area (Å²) in [6, 6.07) is 16.6. The molecule has 33 heavy (non-hydrogen) atoms. The zero-order valence-corrected chi connectivity index (χ0v) is 18.9. The molecule has 3 aromatic rings. The first-order valence-electron chi connectivity index (χ1n) is 10.7. The topological polar surface area (TPSA) is 91.6 Å². The van der Waals surface area contributed by atoms with Gasteiger partial charge in [0.1, 0.15) is 0 Å². The number of nitro benzene ring substituents is 1. The first-order chi connectivity index (χ1) is 16.1. The van der Waals surface area contributed by atoms with Crippen molar-refractivity contribution in [2.24, 2.45) is 0 Å². The Morgan fingerprint density at radius 3 is 2.61 bits per heavy atom. The van der Waals surface area contributed by atoms with Gasteiger partial charge in [0.15, 0.2) is 5.13 Å². The third kappa shape index (κ3) is 6.55. The Morgan fingerprint density at radius 2 is 1.85 bits per heavy atom. The molecule has 1 aliphatic rings. The second-order valence-electron chi connectivity index (χ2n) is 7.78. The van der Waals surface area contributed by atoms with Crippen LogP contribution in [0.5, 0.6) is 0 Å². The Kier molecular flexibility index (Phi) is 7.56. The number of nitrogens with zero attached hydrogens (tertiary/aromatic N) is 4. The molecule has 9 heteroatoms. The highest BCUT2D eigenvalue weighted by atomic mass is 32.1. The molecule has 1 aromatic heterocycles. The number of thiazole rings is 1. The summed E-state index contributed by atoms with van der Waals surface area (Å²) in [6.45, 7) is 4.72. The van der Waals surface area contributed by atoms with Crippen LogP contribution in [0.3, 0.4) is 0 Å². The fourth-order valence-electron chi connectivity index (χ4n) is 3.64. The second-order valence-corrected chi connectivity index (χ2v) is 8.64. The van der Waals surface area contributed by atoms with E-state index in [-0.39, 0.29) is 11.6 Å². The van der Waals surface area contributed by atoms with Crippen molar-refractivity contribution in [2.75, 3.05) is 44.6 Å². The van der Waals surface area contributed by atoms with E-state index in [9.17, 15) is 14.9 Å². The van der Waals surface area contributed by atoms with Crippen LogP contribution in [0.2, 0.25) is 0 Å². The van der Waals surface area contributed by atoms with Crippen LogP contribution in [0.25, 0.3) is 17.3 Å². The SMILES string of the molecule is O=C(CN1CCN(C/C=C/c2ccccc2)CC1)Nc1nc(-c2cccc([N+](=O)[O-])c2)cs1. The quantitative estimate of drug-likeness (QED) is 0.401. The van der Waals surface area contributed by atoms with Gasteiger partial charge in [-0.05, 0) is 5.56 Å². The molecule has 4 rings (SSSR count). The molecule has 1 N–H and O–H groups in total. The number of nitrogens with one attached hydrogen (secondary N) is 1. The predicted molar refractivity (Wildman–Crippen MR) is 131 cm³/mol. The van der Waals surface area contributed by atoms with Gasteiger partial charge in [-0.2, -0.15) is 0 Å². The van der Waals surface area contributed by atoms with Crippen LogP contribution in [0.4, 0.5) is 10.8 Å². The molecule has 0 radical (unpaired) electrons. The number of carbonyl (C=O) groups is 1. The second kappa shape index (κ2) is 11.0. The minimum atomic E-state index is -0.433. The molecular formula is C24H25N5O3S. The van der Waals surface area contributed by atoms with Crippen molar-refractivity contribution in [1.82, 2.24) is 14.8 Å². The van der Waals surface area contributed by atoms with E-state index in [1.165, 1.54) is 29.0 Å². The first-order valence-corrected chi connectivity index (χ1v) is 11.6. The van der Waals surface area contributed by atoms with Gasteiger partial charge in [-0.1, -0.05) is 54.6 Å². The van der Waals surface area contributed by atoms with Crippen LogP contribution in [-0.4, -0.2) is 64.9 Å². The van der Waals surface area contributed by atoms with E-state index in [0.29, 0.717) is 22.9 Å². The van der Waals surface area contributed by atoms with Crippen LogP contribution in [-0.2, 0) is 4.79 Å². The number of carbonyl (C=O) groups excluding carboxylic acids is 1. The van der Waals surface area contributed by atoms with Gasteiger partial charge in [-0.3, -0.25) is 24.7 Å². The van der Waals surface area contributed by atoms with Crippen LogP contribution in [0, 0.1) is 10.1 Å². The molecule has 0 unspecified atom stereocenters. The molecule has 170 valence electrons. The third-order valence-electron chi connectivity index (χ3n) is 5.41. The number of hydrogen-bond acceptors (Lipinski definition) is 7. The molecule has 8 nitrogen and oxygen atoms in total. The van der Waals surface area contributed by atoms with Gasteiger partial charge < -0.3 is 5.32 Å². The van der Waals surface area contributed by atoms with Gasteiger partial charge in [-0.25, -0.2) is 4.98 Å². The van der Waals surface area contributed by atoms with E-state index in [2.05, 4.69) is 44.4 Å². The van der Waals surface area contributed by atoms with Gasteiger partial charge in [0.05, 0.1) is 17.2 Å². The Labute approximate surface area is 196 Å². The van der Waals surface area contributed by atoms with Crippen LogP contribution < -0.4 is 5.32 Å². The average Bonchev–Trinajstić information content (AvgIpc) is 3.29. The molecule has 2 aromatic carbocycles. The zero-order chi connectivity index (χ0) is 23.0. The van der Waals surface area contributed by atoms with Crippen molar-refractivity contribution in [3.63, 3.8) is 0 Å². The molecule has 0 saturated carbocycles. The largest absolute Gasteiger partial charge is 0.301 e. The Hall–Kier alpha value is -3.40. The normalized spacial score (nSPS) is 15.0. The van der Waals surface area contributed by atoms with Gasteiger partial charge in [0.25, 0.3) is 5.69 Å². The van der Waals surface area contributed by atoms with Crippen molar-refractivity contribution in [3.8, 4) is 11.3 Å². The Balaban J connectivity index is 1.22. The molecule has 2 heterocycles. The number of rotatable bonds is 8. The molecule has 1 aliphatic heterocycles. The number of nitro groups is 1. The number of piperazine rings is 1. The molecular weight excluding hydrogens is 438 g/mol. The van der Waals surface area contributed by atoms with Gasteiger partial charge in [0.2, 0.25) is 5.91 Å². The van der Waals surface area contributed by atoms with Crippen molar-refractivity contribution in [3.05, 3.63) is 81.7 Å². The molecule has 0 spiro atoms. The molecule has 0 aliphatic carbocycles. The highest BCUT2D eigenvalue weighted by Crippen LogP contribution is 2.27. The number of benzene rings is 2. The lowest BCUT2D eigenvalue weighted by atomic mass is 10.1. The van der Waals surface area contributed by atoms with Gasteiger partial charge in [0, 0.05) is 55.8 Å². The monoisotopic (exact) mass is 463 g/mol. The number of non-ortho nitro benzene ring substituents is 1. The average molecular weight is 464 g/mol. The van der Waals surface area contributed by atoms with Crippen molar-refractivity contribution in [1.29, 1.82) is 0 Å². The summed E-state index contributed by atoms with van der Waals surface area (Å²) in [5, 5.41) is 16.1. The summed E-state index contributed by atoms with van der Waals surface area (Å²) >= 11 is 1.31. The Morgan fingerprint density at radius 1 is 1.09 bits per heavy atom. The fourth-order valence-corrected chi connectivity index (χ4v) is 4.37. The fraction of sp³-hybridized carbons (Fsp3) is 0.250. The molecule has 1 saturated heterocycles. The number of amides is 1. The standard InChI is InChI=1S/C24H25N5O3S/c30-23(26-24-25-22(18-33-24)20-9-4-10-21(16-20)29(31)32)17-28-14-12-27(13-15-28)11-5-8-19-6-2-1-3-7-19/h1-10,16,18H,11-15,17H2,(H,25,26,30)/b8-5+. The van der Waals surface area contributed by atoms with E-state index in [1.54, 1.807) is 17.5 Å². The Bertz CT molecular complexity index is 1120. The smallest absolute Gasteiger partial charge is 0.270 e. The van der Waals surface area contributed by atoms with E-state index in [1.807, 2.05) is 18.2 Å². The first kappa shape index (κ1) is 22.8. The summed E-state index contributed by atoms with van der Waals surface area (Å²) in [4.78, 5) is 32.0. The lowest BCUT2D eigenvalue weighted by Crippen LogP contribution is -2.48. The molecule has 0 atom stereocenters. The minimum Gasteiger partial charge on any atom is -0.301 e. The van der Waals surface area contributed by atoms with E-state index < -0.39 is 4.92 Å². The van der Waals surface area contributed by atoms with Gasteiger partial charge in [-0.15, -0.1) is 11.3 Å². The highest BCUT2D eigenvalue weighted by molar-refractivity contribution is 7.14. The molecule has 0 bridgehead atoms. The van der Waals surface area contributed by atoms with E-state index >= 15 is 0 Å². The zero-order valence-electron chi connectivity index (χ0n) is 18.1. The van der Waals surface area contributed by atoms with Crippen molar-refractivity contribution < 1.29 is 9.72 Å². The van der Waals surface area contributed by atoms with Crippen LogP contribution in [0.1, 0.15) is 5.56 Å². The van der Waals surface area contributed by atoms with Crippen LogP contribution >= 0.6 is 11.3 Å². The van der Waals surface area contributed by atoms with Crippen molar-refractivity contribution >= 4 is 34.1 Å². The summed E-state index contributed by atoms with van der Waals surface area (Å²) in [5.41, 5.74) is 2.47. The highest BCUT2D eigenvalue weighted by Gasteiger charge is 2.19. The van der Waals surface area contributed by atoms with Crippen molar-refractivity contribution in [2.45, 2.75) is 0 Å². The van der Waals surface area contributed by atoms with Crippen LogP contribution in [0.15, 0.2) is 66.1 Å². The maximum absolute atomic E-state index is 12.5. The van der Waals surface area contributed by atoms with E-state index in [4.69, 9.17) is 0 Å². The summed E-state index contributed by atoms with van der Waals surface area (Å²) in [5.74, 6) is -0.104. The summed E-state index contributed by atoms with van der Waals surface area (Å²) < 4.78 is 0. The molecule has 1 amide bonds. The number of aromatic nitrogens is 1. The minimum absolute atomic E-state index is 0.0146. The maximum Gasteiger partial charge on any atom is 0.270 e. The lowest BCUT2D eigenvalue weighted by Gasteiger charge is -2.33. The number of hydrogen-bond donors (Lipinski definition) is 1. The van der Waals surface area contributed by atoms with E-state index in [0.717, 1.165) is 32.7 Å². The van der Waals surface area contributed by atoms with Gasteiger partial charge >= 0.3 is 0 Å². The summed E-state index contributed by atoms with van der Waals surface area (Å²) in [7, 11) is 0. The third-order valence-corrected chi connectivity index (χ3v) is 6.17. The predicted octanol–water partition coefficient (Wildman–Crippen LogP) is 3.99.